The van der Waals surface area contributed by atoms with E-state index in [1.54, 1.807) is 0 Å². The fourth-order valence-electron chi connectivity index (χ4n) is 18.2. The highest BCUT2D eigenvalue weighted by Gasteiger charge is 2.53. The molecule has 588 valence electrons. The minimum absolute atomic E-state index is 0.0355. The fraction of sp³-hybridized carbons (Fsp3) is 0.167. The van der Waals surface area contributed by atoms with Crippen molar-refractivity contribution in [2.24, 2.45) is 0 Å². The summed E-state index contributed by atoms with van der Waals surface area (Å²) in [5, 5.41) is 6.90. The van der Waals surface area contributed by atoms with Crippen molar-refractivity contribution in [3.63, 3.8) is 0 Å². The summed E-state index contributed by atoms with van der Waals surface area (Å²) in [6, 6.07) is 118. The molecule has 0 saturated carbocycles. The molecule has 22 rings (SSSR count). The van der Waals surface area contributed by atoms with Gasteiger partial charge in [-0.05, 0) is 243 Å². The van der Waals surface area contributed by atoms with Gasteiger partial charge < -0.3 is 41.7 Å². The van der Waals surface area contributed by atoms with Crippen molar-refractivity contribution in [1.29, 1.82) is 0 Å². The number of hydrogen-bond acceptors (Lipinski definition) is 9. The first-order valence-electron chi connectivity index (χ1n) is 41.5. The molecule has 4 aliphatic rings. The third-order valence-electron chi connectivity index (χ3n) is 26.2. The van der Waals surface area contributed by atoms with Gasteiger partial charge in [0, 0.05) is 98.4 Å². The normalized spacial score (nSPS) is 15.9. The van der Waals surface area contributed by atoms with E-state index in [4.69, 9.17) is 31.9 Å². The number of hydrogen-bond donors (Lipinski definition) is 0. The van der Waals surface area contributed by atoms with Crippen LogP contribution in [0.25, 0.3) is 121 Å². The van der Waals surface area contributed by atoms with Gasteiger partial charge in [-0.25, -0.2) is 0 Å². The lowest BCUT2D eigenvalue weighted by atomic mass is 9.79. The molecule has 0 bridgehead atoms. The number of nitrogens with zero attached hydrogens (tertiary/aromatic N) is 2. The Balaban J connectivity index is 0.000000119. The second-order valence-corrected chi connectivity index (χ2v) is 36.2. The molecule has 120 heavy (non-hydrogen) atoms. The zero-order valence-corrected chi connectivity index (χ0v) is 71.1. The largest absolute Gasteiger partial charge is 0.494 e. The molecule has 9 nitrogen and oxygen atoms in total. The van der Waals surface area contributed by atoms with Gasteiger partial charge in [-0.15, -0.1) is 0 Å². The molecule has 3 aromatic heterocycles. The summed E-state index contributed by atoms with van der Waals surface area (Å²) < 4.78 is 45.6. The summed E-state index contributed by atoms with van der Waals surface area (Å²) in [6.45, 7) is 26.0. The molecule has 5 heterocycles. The van der Waals surface area contributed by atoms with Crippen molar-refractivity contribution in [3.8, 4) is 55.6 Å². The molecule has 18 aromatic rings. The Bertz CT molecular complexity index is 6870. The van der Waals surface area contributed by atoms with E-state index in [-0.39, 0.29) is 10.8 Å². The first-order valence-corrected chi connectivity index (χ1v) is 42.3. The van der Waals surface area contributed by atoms with Crippen LogP contribution in [0.1, 0.15) is 105 Å². The summed E-state index contributed by atoms with van der Waals surface area (Å²) in [5.74, 6) is 0. The van der Waals surface area contributed by atoms with Gasteiger partial charge in [0.1, 0.15) is 33.5 Å². The third-order valence-corrected chi connectivity index (χ3v) is 26.7. The molecule has 0 amide bonds. The molecular formula is C108H91B2BrN2O7. The fourth-order valence-corrected chi connectivity index (χ4v) is 18.6. The summed E-state index contributed by atoms with van der Waals surface area (Å²) in [7, 11) is -0.858. The lowest BCUT2D eigenvalue weighted by Gasteiger charge is -2.32. The standard InChI is InChI=1S/C42H43B2NO5.C39H29NO.C27H19BrO/c1-39(2)40(3,4)48-43(47-39)29-18-24-32(25-19-29)45(33-26-20-30(21-27-33)44-49-41(5,6)42(7,8)50-44)31-22-16-28(17-23-31)34-13-11-14-36-35-12-9-10-15-37(35)46-38(34)36;1-39(2)35-24-26(30-17-11-18-34-33-16-9-10-19-37(33)41-38(30)34)20-22-31(35)32-23-21-29(25-36(32)39)40(27-12-5-3-6-13-27)28-14-7-4-8-15-28;1-27(2)23-14-16(10-12-19(23)20-13-11-17(28)15-24(20)27)18-7-5-8-22-21-6-3-4-9-25(21)29-26(18)22/h9-27H,1-8H3;3-25H,1-2H3;3-15H,1-2H3. The van der Waals surface area contributed by atoms with Gasteiger partial charge in [-0.3, -0.25) is 0 Å². The molecule has 2 aliphatic carbocycles. The minimum atomic E-state index is -0.429. The Labute approximate surface area is 710 Å². The van der Waals surface area contributed by atoms with Gasteiger partial charge in [-0.2, -0.15) is 0 Å². The minimum Gasteiger partial charge on any atom is -0.455 e. The van der Waals surface area contributed by atoms with Crippen LogP contribution in [0.5, 0.6) is 0 Å². The molecule has 0 unspecified atom stereocenters. The second-order valence-electron chi connectivity index (χ2n) is 35.3. The van der Waals surface area contributed by atoms with Crippen LogP contribution in [0.2, 0.25) is 0 Å². The Morgan fingerprint density at radius 1 is 0.233 bits per heavy atom. The van der Waals surface area contributed by atoms with Crippen molar-refractivity contribution in [2.75, 3.05) is 9.80 Å². The monoisotopic (exact) mass is 1630 g/mol. The lowest BCUT2D eigenvalue weighted by molar-refractivity contribution is 0.00578. The zero-order valence-electron chi connectivity index (χ0n) is 69.5. The van der Waals surface area contributed by atoms with Gasteiger partial charge in [0.2, 0.25) is 0 Å². The molecule has 2 fully saturated rings. The van der Waals surface area contributed by atoms with E-state index in [2.05, 4.69) is 406 Å². The summed E-state index contributed by atoms with van der Waals surface area (Å²) in [6.07, 6.45) is 0. The average molecular weight is 1630 g/mol. The highest BCUT2D eigenvalue weighted by atomic mass is 79.9. The first-order chi connectivity index (χ1) is 57.9. The first kappa shape index (κ1) is 76.4. The number of halogens is 1. The van der Waals surface area contributed by atoms with Crippen LogP contribution in [0.3, 0.4) is 0 Å². The predicted octanol–water partition coefficient (Wildman–Crippen LogP) is 28.7. The summed E-state index contributed by atoms with van der Waals surface area (Å²) >= 11 is 3.64. The van der Waals surface area contributed by atoms with Crippen molar-refractivity contribution in [1.82, 2.24) is 0 Å². The second kappa shape index (κ2) is 29.0. The van der Waals surface area contributed by atoms with E-state index in [0.717, 1.165) is 127 Å². The van der Waals surface area contributed by atoms with E-state index < -0.39 is 36.6 Å². The SMILES string of the molecule is CC1(C)OB(c2ccc(N(c3ccc(B4OC(C)(C)C(C)(C)O4)cc3)c3ccc(-c4cccc5c4oc4ccccc45)cc3)cc2)OC1(C)C.CC1(C)c2cc(-c3cccc4c3oc3ccccc34)ccc2-c2ccc(N(c3ccccc3)c3ccccc3)cc21.CC1(C)c2cc(Br)ccc2-c2ccc(-c3cccc4c3oc3ccccc34)cc21. The van der Waals surface area contributed by atoms with Gasteiger partial charge in [-0.1, -0.05) is 262 Å². The summed E-state index contributed by atoms with van der Waals surface area (Å²) in [4.78, 5) is 4.60. The predicted molar refractivity (Wildman–Crippen MR) is 501 cm³/mol. The van der Waals surface area contributed by atoms with Crippen LogP contribution in [0.4, 0.5) is 34.1 Å². The van der Waals surface area contributed by atoms with Gasteiger partial charge in [0.25, 0.3) is 0 Å². The van der Waals surface area contributed by atoms with E-state index in [1.165, 1.54) is 66.4 Å². The molecule has 2 aliphatic heterocycles. The maximum absolute atomic E-state index is 6.39. The quantitative estimate of drug-likeness (QED) is 0.118. The molecule has 0 spiro atoms. The number of para-hydroxylation sites is 8. The van der Waals surface area contributed by atoms with E-state index in [1.807, 2.05) is 36.4 Å². The number of anilines is 6. The van der Waals surface area contributed by atoms with E-state index in [0.29, 0.717) is 0 Å². The van der Waals surface area contributed by atoms with Crippen molar-refractivity contribution in [3.05, 3.63) is 360 Å². The van der Waals surface area contributed by atoms with Crippen molar-refractivity contribution < 1.29 is 31.9 Å². The molecule has 0 atom stereocenters. The molecule has 2 saturated heterocycles. The number of rotatable bonds is 11. The third kappa shape index (κ3) is 13.0. The highest BCUT2D eigenvalue weighted by Crippen LogP contribution is 2.55. The van der Waals surface area contributed by atoms with E-state index in [9.17, 15) is 0 Å². The highest BCUT2D eigenvalue weighted by molar-refractivity contribution is 9.10. The smallest absolute Gasteiger partial charge is 0.455 e. The Morgan fingerprint density at radius 2 is 0.517 bits per heavy atom. The number of fused-ring (bicyclic) bond motifs is 15. The Kier molecular flexibility index (Phi) is 18.5. The Morgan fingerprint density at radius 3 is 0.908 bits per heavy atom. The molecular weight excluding hydrogens is 1540 g/mol. The molecule has 0 N–H and O–H groups in total. The van der Waals surface area contributed by atoms with Gasteiger partial charge in [0.05, 0.1) is 22.4 Å². The molecule has 0 radical (unpaired) electrons. The number of benzene rings is 15. The lowest BCUT2D eigenvalue weighted by Crippen LogP contribution is -2.41. The van der Waals surface area contributed by atoms with Crippen LogP contribution in [0.15, 0.2) is 351 Å². The van der Waals surface area contributed by atoms with Crippen LogP contribution in [0, 0.1) is 0 Å². The number of furan rings is 3. The summed E-state index contributed by atoms with van der Waals surface area (Å²) in [5.41, 5.74) is 29.8. The maximum Gasteiger partial charge on any atom is 0.494 e. The topological polar surface area (TPSA) is 82.8 Å². The van der Waals surface area contributed by atoms with Gasteiger partial charge >= 0.3 is 14.2 Å². The van der Waals surface area contributed by atoms with Crippen molar-refractivity contribution in [2.45, 2.75) is 116 Å². The van der Waals surface area contributed by atoms with Crippen LogP contribution in [-0.4, -0.2) is 36.6 Å². The van der Waals surface area contributed by atoms with E-state index >= 15 is 0 Å². The van der Waals surface area contributed by atoms with Crippen LogP contribution < -0.4 is 20.7 Å². The maximum atomic E-state index is 6.39. The molecule has 15 aromatic carbocycles. The van der Waals surface area contributed by atoms with Crippen molar-refractivity contribution >= 4 is 141 Å². The van der Waals surface area contributed by atoms with Gasteiger partial charge in [0.15, 0.2) is 0 Å². The zero-order chi connectivity index (χ0) is 82.4. The van der Waals surface area contributed by atoms with Crippen LogP contribution >= 0.6 is 15.9 Å². The molecule has 12 heteroatoms. The van der Waals surface area contributed by atoms with Crippen LogP contribution in [-0.2, 0) is 29.4 Å². The average Bonchev–Trinajstić information content (AvgIpc) is 1.57. The Hall–Kier alpha value is -12.3.